The SMILES string of the molecule is CCC1CC1Nc1cc(C#N)ccn1. The van der Waals surface area contributed by atoms with Crippen molar-refractivity contribution in [1.29, 1.82) is 5.26 Å². The Bertz CT molecular complexity index is 367. The van der Waals surface area contributed by atoms with Crippen molar-refractivity contribution in [2.24, 2.45) is 5.92 Å². The Kier molecular flexibility index (Phi) is 2.36. The van der Waals surface area contributed by atoms with Gasteiger partial charge >= 0.3 is 0 Å². The molecule has 1 fully saturated rings. The smallest absolute Gasteiger partial charge is 0.127 e. The van der Waals surface area contributed by atoms with E-state index in [1.54, 1.807) is 18.3 Å². The van der Waals surface area contributed by atoms with Crippen LogP contribution in [0, 0.1) is 17.2 Å². The summed E-state index contributed by atoms with van der Waals surface area (Å²) < 4.78 is 0. The molecular weight excluding hydrogens is 174 g/mol. The maximum Gasteiger partial charge on any atom is 0.127 e. The molecule has 2 unspecified atom stereocenters. The molecule has 1 aromatic heterocycles. The van der Waals surface area contributed by atoms with Crippen LogP contribution < -0.4 is 5.32 Å². The second-order valence-corrected chi connectivity index (χ2v) is 3.70. The number of nitrogens with zero attached hydrogens (tertiary/aromatic N) is 2. The van der Waals surface area contributed by atoms with E-state index >= 15 is 0 Å². The van der Waals surface area contributed by atoms with E-state index in [0.29, 0.717) is 11.6 Å². The van der Waals surface area contributed by atoms with Gasteiger partial charge in [-0.15, -0.1) is 0 Å². The number of hydrogen-bond acceptors (Lipinski definition) is 3. The Morgan fingerprint density at radius 3 is 3.21 bits per heavy atom. The Morgan fingerprint density at radius 1 is 1.71 bits per heavy atom. The van der Waals surface area contributed by atoms with Crippen LogP contribution in [0.5, 0.6) is 0 Å². The largest absolute Gasteiger partial charge is 0.367 e. The number of anilines is 1. The van der Waals surface area contributed by atoms with E-state index in [4.69, 9.17) is 5.26 Å². The maximum absolute atomic E-state index is 8.70. The molecule has 1 aliphatic rings. The summed E-state index contributed by atoms with van der Waals surface area (Å²) in [5.41, 5.74) is 0.663. The third-order valence-corrected chi connectivity index (χ3v) is 2.67. The standard InChI is InChI=1S/C11H13N3/c1-2-9-6-10(9)14-11-5-8(7-12)3-4-13-11/h3-5,9-10H,2,6H2,1H3,(H,13,14). The molecule has 3 nitrogen and oxygen atoms in total. The third-order valence-electron chi connectivity index (χ3n) is 2.67. The molecule has 14 heavy (non-hydrogen) atoms. The minimum absolute atomic E-state index is 0.571. The minimum atomic E-state index is 0.571. The zero-order chi connectivity index (χ0) is 9.97. The Balaban J connectivity index is 2.00. The highest BCUT2D eigenvalue weighted by atomic mass is 15.0. The van der Waals surface area contributed by atoms with Gasteiger partial charge in [-0.1, -0.05) is 13.3 Å². The van der Waals surface area contributed by atoms with Gasteiger partial charge in [-0.25, -0.2) is 4.98 Å². The van der Waals surface area contributed by atoms with E-state index in [9.17, 15) is 0 Å². The Morgan fingerprint density at radius 2 is 2.57 bits per heavy atom. The van der Waals surface area contributed by atoms with Gasteiger partial charge in [-0.05, 0) is 24.5 Å². The zero-order valence-electron chi connectivity index (χ0n) is 8.20. The van der Waals surface area contributed by atoms with Crippen LogP contribution in [0.1, 0.15) is 25.3 Å². The van der Waals surface area contributed by atoms with Crippen molar-refractivity contribution in [1.82, 2.24) is 4.98 Å². The molecule has 0 amide bonds. The normalized spacial score (nSPS) is 24.0. The summed E-state index contributed by atoms with van der Waals surface area (Å²) in [7, 11) is 0. The van der Waals surface area contributed by atoms with Crippen molar-refractivity contribution in [3.05, 3.63) is 23.9 Å². The van der Waals surface area contributed by atoms with E-state index in [-0.39, 0.29) is 0 Å². The lowest BCUT2D eigenvalue weighted by molar-refractivity contribution is 0.773. The first-order chi connectivity index (χ1) is 6.83. The van der Waals surface area contributed by atoms with Crippen molar-refractivity contribution in [3.63, 3.8) is 0 Å². The predicted molar refractivity (Wildman–Crippen MR) is 54.8 cm³/mol. The zero-order valence-corrected chi connectivity index (χ0v) is 8.20. The average Bonchev–Trinajstić information content (AvgIpc) is 2.97. The molecule has 0 aromatic carbocycles. The van der Waals surface area contributed by atoms with Crippen molar-refractivity contribution >= 4 is 5.82 Å². The molecule has 2 atom stereocenters. The van der Waals surface area contributed by atoms with Crippen LogP contribution in [-0.4, -0.2) is 11.0 Å². The van der Waals surface area contributed by atoms with Gasteiger partial charge in [0.25, 0.3) is 0 Å². The molecule has 0 saturated heterocycles. The quantitative estimate of drug-likeness (QED) is 0.788. The number of rotatable bonds is 3. The van der Waals surface area contributed by atoms with E-state index in [1.165, 1.54) is 12.8 Å². The molecule has 0 aliphatic heterocycles. The average molecular weight is 187 g/mol. The lowest BCUT2D eigenvalue weighted by atomic mass is 10.3. The van der Waals surface area contributed by atoms with Crippen LogP contribution in [0.3, 0.4) is 0 Å². The summed E-state index contributed by atoms with van der Waals surface area (Å²) in [4.78, 5) is 4.17. The van der Waals surface area contributed by atoms with Gasteiger partial charge in [0, 0.05) is 12.2 Å². The molecule has 1 aliphatic carbocycles. The van der Waals surface area contributed by atoms with Crippen molar-refractivity contribution < 1.29 is 0 Å². The summed E-state index contributed by atoms with van der Waals surface area (Å²) in [6, 6.07) is 6.19. The maximum atomic E-state index is 8.70. The van der Waals surface area contributed by atoms with Gasteiger partial charge in [0.15, 0.2) is 0 Å². The molecule has 1 N–H and O–H groups in total. The van der Waals surface area contributed by atoms with E-state index < -0.39 is 0 Å². The fraction of sp³-hybridized carbons (Fsp3) is 0.455. The number of nitrogens with one attached hydrogen (secondary N) is 1. The molecule has 1 saturated carbocycles. The summed E-state index contributed by atoms with van der Waals surface area (Å²) in [5.74, 6) is 1.62. The van der Waals surface area contributed by atoms with Crippen LogP contribution >= 0.6 is 0 Å². The van der Waals surface area contributed by atoms with Crippen LogP contribution in [0.25, 0.3) is 0 Å². The van der Waals surface area contributed by atoms with Crippen LogP contribution in [-0.2, 0) is 0 Å². The van der Waals surface area contributed by atoms with Gasteiger partial charge in [0.1, 0.15) is 5.82 Å². The molecule has 2 rings (SSSR count). The molecule has 0 bridgehead atoms. The second-order valence-electron chi connectivity index (χ2n) is 3.70. The van der Waals surface area contributed by atoms with Crippen molar-refractivity contribution in [2.75, 3.05) is 5.32 Å². The van der Waals surface area contributed by atoms with E-state index in [1.807, 2.05) is 0 Å². The highest BCUT2D eigenvalue weighted by Gasteiger charge is 2.35. The van der Waals surface area contributed by atoms with Gasteiger partial charge < -0.3 is 5.32 Å². The molecule has 0 radical (unpaired) electrons. The summed E-state index contributed by atoms with van der Waals surface area (Å²) in [5, 5.41) is 12.0. The predicted octanol–water partition coefficient (Wildman–Crippen LogP) is 2.16. The Hall–Kier alpha value is -1.56. The highest BCUT2D eigenvalue weighted by molar-refractivity contribution is 5.44. The lowest BCUT2D eigenvalue weighted by Crippen LogP contribution is -2.05. The molecule has 1 heterocycles. The highest BCUT2D eigenvalue weighted by Crippen LogP contribution is 2.35. The first-order valence-electron chi connectivity index (χ1n) is 4.96. The van der Waals surface area contributed by atoms with Crippen molar-refractivity contribution in [2.45, 2.75) is 25.8 Å². The topological polar surface area (TPSA) is 48.7 Å². The summed E-state index contributed by atoms with van der Waals surface area (Å²) in [6.07, 6.45) is 4.12. The van der Waals surface area contributed by atoms with Gasteiger partial charge in [-0.2, -0.15) is 5.26 Å². The Labute approximate surface area is 83.8 Å². The first kappa shape index (κ1) is 9.01. The van der Waals surface area contributed by atoms with Gasteiger partial charge in [0.2, 0.25) is 0 Å². The molecule has 0 spiro atoms. The fourth-order valence-electron chi connectivity index (χ4n) is 1.64. The second kappa shape index (κ2) is 3.67. The van der Waals surface area contributed by atoms with Crippen LogP contribution in [0.15, 0.2) is 18.3 Å². The third kappa shape index (κ3) is 1.85. The van der Waals surface area contributed by atoms with Gasteiger partial charge in [-0.3, -0.25) is 0 Å². The lowest BCUT2D eigenvalue weighted by Gasteiger charge is -2.03. The molecule has 72 valence electrons. The summed E-state index contributed by atoms with van der Waals surface area (Å²) in [6.45, 7) is 2.20. The van der Waals surface area contributed by atoms with Gasteiger partial charge in [0.05, 0.1) is 11.6 Å². The monoisotopic (exact) mass is 187 g/mol. The van der Waals surface area contributed by atoms with E-state index in [0.717, 1.165) is 11.7 Å². The fourth-order valence-corrected chi connectivity index (χ4v) is 1.64. The molecule has 1 aromatic rings. The molecule has 3 heteroatoms. The van der Waals surface area contributed by atoms with Crippen LogP contribution in [0.2, 0.25) is 0 Å². The number of hydrogen-bond donors (Lipinski definition) is 1. The van der Waals surface area contributed by atoms with Crippen LogP contribution in [0.4, 0.5) is 5.82 Å². The number of aromatic nitrogens is 1. The number of nitriles is 1. The number of pyridine rings is 1. The first-order valence-corrected chi connectivity index (χ1v) is 4.96. The van der Waals surface area contributed by atoms with Crippen molar-refractivity contribution in [3.8, 4) is 6.07 Å². The summed E-state index contributed by atoms with van der Waals surface area (Å²) >= 11 is 0. The van der Waals surface area contributed by atoms with E-state index in [2.05, 4.69) is 23.3 Å². The molecular formula is C11H13N3. The minimum Gasteiger partial charge on any atom is -0.367 e.